The third-order valence-corrected chi connectivity index (χ3v) is 6.80. The number of hydrogen-bond acceptors (Lipinski definition) is 7. The summed E-state index contributed by atoms with van der Waals surface area (Å²) >= 11 is 12.9. The Morgan fingerprint density at radius 2 is 1.65 bits per heavy atom. The fourth-order valence-corrected chi connectivity index (χ4v) is 4.76. The molecule has 2 heterocycles. The Kier molecular flexibility index (Phi) is 6.37. The van der Waals surface area contributed by atoms with Gasteiger partial charge in [0.1, 0.15) is 0 Å². The first kappa shape index (κ1) is 25.1. The summed E-state index contributed by atoms with van der Waals surface area (Å²) in [4.78, 5) is 51.8. The first-order valence-corrected chi connectivity index (χ1v) is 12.2. The number of Topliss-reactive ketones (excluding diaryl/α,β-unsaturated/α-hetero) is 1. The predicted molar refractivity (Wildman–Crippen MR) is 138 cm³/mol. The summed E-state index contributed by atoms with van der Waals surface area (Å²) in [5.41, 5.74) is -0.881. The second-order valence-electron chi connectivity index (χ2n) is 8.73. The number of carbonyl (C=O) groups excluding carboxylic acids is 3. The molecule has 10 heteroatoms. The fourth-order valence-electron chi connectivity index (χ4n) is 4.41. The zero-order valence-electron chi connectivity index (χ0n) is 19.9. The largest absolute Gasteiger partial charge is 0.292 e. The van der Waals surface area contributed by atoms with Gasteiger partial charge in [0, 0.05) is 22.0 Å². The maximum absolute atomic E-state index is 14.0. The van der Waals surface area contributed by atoms with Gasteiger partial charge in [0.25, 0.3) is 11.8 Å². The van der Waals surface area contributed by atoms with E-state index in [1.54, 1.807) is 93.0 Å². The number of rotatable bonds is 7. The Hall–Kier alpha value is -3.56. The first-order chi connectivity index (χ1) is 17.7. The van der Waals surface area contributed by atoms with Crippen LogP contribution in [-0.4, -0.2) is 46.3 Å². The highest BCUT2D eigenvalue weighted by Gasteiger charge is 2.48. The van der Waals surface area contributed by atoms with Crippen LogP contribution in [0.3, 0.4) is 0 Å². The molecule has 3 aromatic carbocycles. The Morgan fingerprint density at radius 1 is 1.03 bits per heavy atom. The number of ketones is 1. The van der Waals surface area contributed by atoms with Gasteiger partial charge < -0.3 is 0 Å². The second kappa shape index (κ2) is 9.39. The number of hydrogen-bond donors (Lipinski definition) is 1. The van der Waals surface area contributed by atoms with E-state index in [1.165, 1.54) is 5.06 Å². The molecule has 2 atom stereocenters. The molecule has 2 aliphatic rings. The van der Waals surface area contributed by atoms with Gasteiger partial charge in [-0.25, -0.2) is 14.9 Å². The van der Waals surface area contributed by atoms with Gasteiger partial charge in [-0.05, 0) is 44.3 Å². The van der Waals surface area contributed by atoms with Crippen LogP contribution in [0.4, 0.5) is 0 Å². The first-order valence-electron chi connectivity index (χ1n) is 11.4. The summed E-state index contributed by atoms with van der Waals surface area (Å²) in [6, 6.07) is 20.3. The van der Waals surface area contributed by atoms with Crippen LogP contribution in [0.15, 0.2) is 77.8 Å². The van der Waals surface area contributed by atoms with Crippen LogP contribution in [-0.2, 0) is 15.4 Å². The summed E-state index contributed by atoms with van der Waals surface area (Å²) in [5, 5.41) is 4.54. The van der Waals surface area contributed by atoms with Crippen molar-refractivity contribution < 1.29 is 19.2 Å². The zero-order valence-corrected chi connectivity index (χ0v) is 21.5. The SMILES string of the molecule is CNC(ON1C=c2cc(Cl)ccc2=NC1(C)Cl)(C(=O)CN1C(=O)c2ccccc2C1=O)c1ccccc1. The van der Waals surface area contributed by atoms with E-state index in [2.05, 4.69) is 10.3 Å². The molecule has 37 heavy (non-hydrogen) atoms. The minimum atomic E-state index is -1.82. The molecule has 188 valence electrons. The van der Waals surface area contributed by atoms with Crippen molar-refractivity contribution >= 4 is 47.0 Å². The third kappa shape index (κ3) is 4.32. The topological polar surface area (TPSA) is 91.3 Å². The van der Waals surface area contributed by atoms with Crippen molar-refractivity contribution in [3.05, 3.63) is 105 Å². The molecular formula is C27H22Cl2N4O4. The Bertz CT molecular complexity index is 1510. The number of hydroxylamine groups is 2. The van der Waals surface area contributed by atoms with Crippen LogP contribution in [0.25, 0.3) is 6.20 Å². The number of amides is 2. The van der Waals surface area contributed by atoms with E-state index >= 15 is 0 Å². The van der Waals surface area contributed by atoms with E-state index in [4.69, 9.17) is 28.0 Å². The third-order valence-electron chi connectivity index (χ3n) is 6.31. The van der Waals surface area contributed by atoms with Gasteiger partial charge in [-0.15, -0.1) is 0 Å². The summed E-state index contributed by atoms with van der Waals surface area (Å²) in [7, 11) is 1.55. The molecule has 0 aliphatic carbocycles. The molecule has 1 N–H and O–H groups in total. The van der Waals surface area contributed by atoms with Crippen LogP contribution in [0.5, 0.6) is 0 Å². The minimum Gasteiger partial charge on any atom is -0.292 e. The second-order valence-corrected chi connectivity index (χ2v) is 9.88. The summed E-state index contributed by atoms with van der Waals surface area (Å²) in [5.74, 6) is -1.68. The molecule has 5 rings (SSSR count). The van der Waals surface area contributed by atoms with Gasteiger partial charge in [-0.1, -0.05) is 65.7 Å². The van der Waals surface area contributed by atoms with Crippen molar-refractivity contribution in [2.24, 2.45) is 4.99 Å². The van der Waals surface area contributed by atoms with Gasteiger partial charge in [-0.2, -0.15) is 0 Å². The summed E-state index contributed by atoms with van der Waals surface area (Å²) in [6.07, 6.45) is 1.60. The Balaban J connectivity index is 1.55. The molecule has 0 bridgehead atoms. The van der Waals surface area contributed by atoms with Crippen molar-refractivity contribution in [1.82, 2.24) is 15.3 Å². The molecule has 0 radical (unpaired) electrons. The lowest BCUT2D eigenvalue weighted by molar-refractivity contribution is -0.243. The van der Waals surface area contributed by atoms with Crippen LogP contribution >= 0.6 is 23.2 Å². The highest BCUT2D eigenvalue weighted by Crippen LogP contribution is 2.33. The highest BCUT2D eigenvalue weighted by atomic mass is 35.5. The highest BCUT2D eigenvalue weighted by molar-refractivity contribution is 6.30. The molecular weight excluding hydrogens is 515 g/mol. The van der Waals surface area contributed by atoms with Crippen molar-refractivity contribution in [3.8, 4) is 0 Å². The molecule has 0 saturated carbocycles. The van der Waals surface area contributed by atoms with E-state index in [1.807, 2.05) is 0 Å². The molecule has 0 saturated heterocycles. The standard InChI is InChI=1S/C27H22Cl2N4O4/c1-26(29)31-22-13-12-19(28)14-17(22)15-33(26)37-27(30-2,18-8-4-3-5-9-18)23(34)16-32-24(35)20-10-6-7-11-21(20)25(32)36/h3-15,30H,16H2,1-2H3. The zero-order chi connectivity index (χ0) is 26.4. The number of carbonyl (C=O) groups is 3. The van der Waals surface area contributed by atoms with Gasteiger partial charge in [0.2, 0.25) is 16.6 Å². The average Bonchev–Trinajstić information content (AvgIpc) is 3.13. The number of nitrogens with one attached hydrogen (secondary N) is 1. The number of fused-ring (bicyclic) bond motifs is 2. The van der Waals surface area contributed by atoms with E-state index in [9.17, 15) is 14.4 Å². The fraction of sp³-hybridized carbons (Fsp3) is 0.185. The number of halogens is 2. The molecule has 0 fully saturated rings. The smallest absolute Gasteiger partial charge is 0.261 e. The Morgan fingerprint density at radius 3 is 2.27 bits per heavy atom. The van der Waals surface area contributed by atoms with Crippen molar-refractivity contribution in [2.75, 3.05) is 13.6 Å². The maximum Gasteiger partial charge on any atom is 0.261 e. The van der Waals surface area contributed by atoms with Gasteiger partial charge >= 0.3 is 0 Å². The molecule has 0 aromatic heterocycles. The van der Waals surface area contributed by atoms with Gasteiger partial charge in [0.15, 0.2) is 0 Å². The lowest BCUT2D eigenvalue weighted by atomic mass is 9.97. The summed E-state index contributed by atoms with van der Waals surface area (Å²) < 4.78 is 0. The normalized spacial score (nSPS) is 20.0. The number of alkyl halides is 1. The van der Waals surface area contributed by atoms with E-state index in [0.717, 1.165) is 4.90 Å². The number of likely N-dealkylation sites (N-methyl/N-ethyl adjacent to an activating group) is 1. The predicted octanol–water partition coefficient (Wildman–Crippen LogP) is 2.80. The van der Waals surface area contributed by atoms with Gasteiger partial charge in [0.05, 0.1) is 23.0 Å². The summed E-state index contributed by atoms with van der Waals surface area (Å²) in [6.45, 7) is 1.08. The van der Waals surface area contributed by atoms with Gasteiger partial charge in [-0.3, -0.25) is 24.6 Å². The quantitative estimate of drug-likeness (QED) is 0.216. The lowest BCUT2D eigenvalue weighted by Gasteiger charge is -2.41. The van der Waals surface area contributed by atoms with E-state index in [0.29, 0.717) is 21.2 Å². The van der Waals surface area contributed by atoms with Crippen molar-refractivity contribution in [3.63, 3.8) is 0 Å². The van der Waals surface area contributed by atoms with E-state index in [-0.39, 0.29) is 11.1 Å². The van der Waals surface area contributed by atoms with Crippen LogP contribution in [0.2, 0.25) is 5.02 Å². The molecule has 2 amide bonds. The van der Waals surface area contributed by atoms with Crippen molar-refractivity contribution in [1.29, 1.82) is 0 Å². The maximum atomic E-state index is 14.0. The molecule has 8 nitrogen and oxygen atoms in total. The molecule has 2 unspecified atom stereocenters. The lowest BCUT2D eigenvalue weighted by Crippen LogP contribution is -2.59. The number of imide groups is 1. The van der Waals surface area contributed by atoms with Crippen LogP contribution in [0.1, 0.15) is 33.2 Å². The minimum absolute atomic E-state index is 0.251. The molecule has 0 spiro atoms. The molecule has 2 aliphatic heterocycles. The monoisotopic (exact) mass is 536 g/mol. The van der Waals surface area contributed by atoms with Crippen LogP contribution in [0, 0.1) is 0 Å². The van der Waals surface area contributed by atoms with Crippen LogP contribution < -0.4 is 15.9 Å². The Labute approximate surface area is 222 Å². The average molecular weight is 537 g/mol. The molecule has 3 aromatic rings. The number of nitrogens with zero attached hydrogens (tertiary/aromatic N) is 3. The number of benzene rings is 3. The van der Waals surface area contributed by atoms with Crippen molar-refractivity contribution in [2.45, 2.75) is 17.8 Å². The van der Waals surface area contributed by atoms with E-state index < -0.39 is 35.0 Å².